The van der Waals surface area contributed by atoms with Gasteiger partial charge in [-0.3, -0.25) is 0 Å². The highest BCUT2D eigenvalue weighted by molar-refractivity contribution is 7.92. The molecule has 3 aromatic carbocycles. The molecule has 2 heterocycles. The Morgan fingerprint density at radius 1 is 1.00 bits per heavy atom. The van der Waals surface area contributed by atoms with E-state index in [4.69, 9.17) is 19.9 Å². The first-order valence-corrected chi connectivity index (χ1v) is 20.0. The van der Waals surface area contributed by atoms with Crippen molar-refractivity contribution in [3.05, 3.63) is 72.3 Å². The van der Waals surface area contributed by atoms with Crippen molar-refractivity contribution in [1.29, 1.82) is 0 Å². The van der Waals surface area contributed by atoms with Crippen LogP contribution in [0.5, 0.6) is 11.5 Å². The van der Waals surface area contributed by atoms with E-state index in [2.05, 4.69) is 5.32 Å². The van der Waals surface area contributed by atoms with Gasteiger partial charge in [0.05, 0.1) is 28.5 Å². The standard InChI is InChI=1S/C36H47N3O8S2/c1-25(2)47-34-13-10-28(27-8-6-26(21-37)7-9-27)18-35(34)49(43,44)39-16-14-36(15-17-39)20-29(23-46-36)38-22-30(40)24-45-31-4-3-5-33(19-31)48(41,42)32-11-12-32/h3-10,13,18-19,25,29-30,32,38,40H,11-12,14-17,20-24,37H2,1-2H3/t29-,30?/m0/s1. The van der Waals surface area contributed by atoms with Crippen molar-refractivity contribution in [1.82, 2.24) is 9.62 Å². The molecule has 13 heteroatoms. The monoisotopic (exact) mass is 713 g/mol. The number of nitrogens with one attached hydrogen (secondary N) is 1. The molecule has 6 rings (SSSR count). The molecule has 2 atom stereocenters. The van der Waals surface area contributed by atoms with Crippen LogP contribution >= 0.6 is 0 Å². The van der Waals surface area contributed by atoms with Gasteiger partial charge in [0.2, 0.25) is 10.0 Å². The van der Waals surface area contributed by atoms with E-state index in [1.54, 1.807) is 30.3 Å². The number of hydrogen-bond acceptors (Lipinski definition) is 10. The fraction of sp³-hybridized carbons (Fsp3) is 0.500. The van der Waals surface area contributed by atoms with E-state index in [9.17, 15) is 21.9 Å². The largest absolute Gasteiger partial charge is 0.491 e. The zero-order chi connectivity index (χ0) is 34.8. The van der Waals surface area contributed by atoms with Crippen LogP contribution in [-0.2, 0) is 31.1 Å². The van der Waals surface area contributed by atoms with Gasteiger partial charge in [-0.15, -0.1) is 0 Å². The molecule has 4 N–H and O–H groups in total. The third-order valence-corrected chi connectivity index (χ3v) is 13.7. The number of sulfonamides is 1. The summed E-state index contributed by atoms with van der Waals surface area (Å²) < 4.78 is 72.8. The second-order valence-electron chi connectivity index (χ2n) is 13.6. The van der Waals surface area contributed by atoms with Gasteiger partial charge in [0, 0.05) is 32.2 Å². The molecule has 3 aromatic rings. The van der Waals surface area contributed by atoms with Crippen LogP contribution in [0.2, 0.25) is 0 Å². The summed E-state index contributed by atoms with van der Waals surface area (Å²) in [7, 11) is -7.19. The molecule has 1 aliphatic carbocycles. The molecule has 2 saturated heterocycles. The Morgan fingerprint density at radius 3 is 2.39 bits per heavy atom. The SMILES string of the molecule is CC(C)Oc1ccc(-c2ccc(CN)cc2)cc1S(=O)(=O)N1CCC2(CC1)C[C@H](NCC(O)COc1cccc(S(=O)(=O)C3CC3)c1)CO2. The molecule has 3 fully saturated rings. The molecule has 266 valence electrons. The summed E-state index contributed by atoms with van der Waals surface area (Å²) in [6.07, 6.45) is 2.17. The molecule has 0 radical (unpaired) electrons. The molecule has 0 bridgehead atoms. The smallest absolute Gasteiger partial charge is 0.246 e. The molecular formula is C36H47N3O8S2. The highest BCUT2D eigenvalue weighted by Gasteiger charge is 2.45. The molecule has 1 unspecified atom stereocenters. The second-order valence-corrected chi connectivity index (χ2v) is 17.8. The summed E-state index contributed by atoms with van der Waals surface area (Å²) in [4.78, 5) is 0.399. The Morgan fingerprint density at radius 2 is 1.71 bits per heavy atom. The summed E-state index contributed by atoms with van der Waals surface area (Å²) in [5.41, 5.74) is 7.98. The molecule has 0 amide bonds. The van der Waals surface area contributed by atoms with Crippen molar-refractivity contribution >= 4 is 19.9 Å². The summed E-state index contributed by atoms with van der Waals surface area (Å²) in [6, 6.07) is 19.5. The summed E-state index contributed by atoms with van der Waals surface area (Å²) in [5, 5.41) is 13.7. The molecular weight excluding hydrogens is 667 g/mol. The van der Waals surface area contributed by atoms with Crippen LogP contribution in [0.1, 0.15) is 51.5 Å². The molecule has 1 saturated carbocycles. The Hall–Kier alpha value is -3.04. The lowest BCUT2D eigenvalue weighted by molar-refractivity contribution is -0.0312. The maximum Gasteiger partial charge on any atom is 0.246 e. The summed E-state index contributed by atoms with van der Waals surface area (Å²) >= 11 is 0. The van der Waals surface area contributed by atoms with E-state index in [0.29, 0.717) is 69.8 Å². The molecule has 11 nitrogen and oxygen atoms in total. The van der Waals surface area contributed by atoms with Gasteiger partial charge in [-0.05, 0) is 93.0 Å². The second kappa shape index (κ2) is 14.7. The van der Waals surface area contributed by atoms with Gasteiger partial charge in [-0.2, -0.15) is 4.31 Å². The van der Waals surface area contributed by atoms with Gasteiger partial charge >= 0.3 is 0 Å². The maximum atomic E-state index is 14.1. The molecule has 1 spiro atoms. The molecule has 0 aromatic heterocycles. The number of ether oxygens (including phenoxy) is 3. The van der Waals surface area contributed by atoms with E-state index in [-0.39, 0.29) is 40.3 Å². The van der Waals surface area contributed by atoms with E-state index in [1.165, 1.54) is 10.4 Å². The normalized spacial score (nSPS) is 20.5. The Labute approximate surface area is 289 Å². The quantitative estimate of drug-likeness (QED) is 0.224. The number of benzene rings is 3. The molecule has 49 heavy (non-hydrogen) atoms. The van der Waals surface area contributed by atoms with Crippen molar-refractivity contribution in [3.63, 3.8) is 0 Å². The number of hydrogen-bond donors (Lipinski definition) is 3. The minimum Gasteiger partial charge on any atom is -0.491 e. The van der Waals surface area contributed by atoms with Gasteiger partial charge in [0.25, 0.3) is 0 Å². The van der Waals surface area contributed by atoms with Gasteiger partial charge < -0.3 is 30.4 Å². The number of aliphatic hydroxyl groups excluding tert-OH is 1. The average Bonchev–Trinajstić information content (AvgIpc) is 3.89. The fourth-order valence-corrected chi connectivity index (χ4v) is 9.81. The minimum atomic E-state index is -3.87. The lowest BCUT2D eigenvalue weighted by Gasteiger charge is -2.38. The first kappa shape index (κ1) is 35.8. The van der Waals surface area contributed by atoms with Crippen LogP contribution in [0.15, 0.2) is 76.5 Å². The van der Waals surface area contributed by atoms with Crippen LogP contribution in [-0.4, -0.2) is 88.2 Å². The first-order chi connectivity index (χ1) is 23.4. The minimum absolute atomic E-state index is 0.00166. The number of rotatable bonds is 14. The third kappa shape index (κ3) is 8.30. The van der Waals surface area contributed by atoms with Crippen LogP contribution in [0.4, 0.5) is 0 Å². The van der Waals surface area contributed by atoms with Crippen molar-refractivity contribution < 1.29 is 36.2 Å². The summed E-state index contributed by atoms with van der Waals surface area (Å²) in [6.45, 7) is 5.55. The Balaban J connectivity index is 1.03. The zero-order valence-electron chi connectivity index (χ0n) is 28.1. The number of aliphatic hydroxyl groups is 1. The average molecular weight is 714 g/mol. The van der Waals surface area contributed by atoms with Crippen LogP contribution in [0.3, 0.4) is 0 Å². The van der Waals surface area contributed by atoms with Crippen molar-refractivity contribution in [3.8, 4) is 22.6 Å². The Bertz CT molecular complexity index is 1820. The van der Waals surface area contributed by atoms with Crippen molar-refractivity contribution in [2.45, 2.75) is 91.4 Å². The van der Waals surface area contributed by atoms with Crippen molar-refractivity contribution in [2.24, 2.45) is 5.73 Å². The Kier molecular flexibility index (Phi) is 10.7. The number of nitrogens with zero attached hydrogens (tertiary/aromatic N) is 1. The van der Waals surface area contributed by atoms with Crippen molar-refractivity contribution in [2.75, 3.05) is 32.8 Å². The van der Waals surface area contributed by atoms with Crippen LogP contribution in [0.25, 0.3) is 11.1 Å². The van der Waals surface area contributed by atoms with Gasteiger partial charge in [-0.1, -0.05) is 36.4 Å². The number of piperidine rings is 1. The van der Waals surface area contributed by atoms with Gasteiger partial charge in [0.1, 0.15) is 29.1 Å². The van der Waals surface area contributed by atoms with E-state index in [0.717, 1.165) is 16.7 Å². The highest BCUT2D eigenvalue weighted by atomic mass is 32.2. The van der Waals surface area contributed by atoms with E-state index in [1.807, 2.05) is 44.2 Å². The van der Waals surface area contributed by atoms with Gasteiger partial charge in [-0.25, -0.2) is 16.8 Å². The topological polar surface area (TPSA) is 157 Å². The highest BCUT2D eigenvalue weighted by Crippen LogP contribution is 2.40. The zero-order valence-corrected chi connectivity index (χ0v) is 29.7. The predicted octanol–water partition coefficient (Wildman–Crippen LogP) is 3.88. The molecule has 2 aliphatic heterocycles. The van der Waals surface area contributed by atoms with Crippen LogP contribution < -0.4 is 20.5 Å². The van der Waals surface area contributed by atoms with Gasteiger partial charge in [0.15, 0.2) is 9.84 Å². The summed E-state index contributed by atoms with van der Waals surface area (Å²) in [5.74, 6) is 0.735. The maximum absolute atomic E-state index is 14.1. The number of nitrogens with two attached hydrogens (primary N) is 1. The predicted molar refractivity (Wildman–Crippen MR) is 187 cm³/mol. The first-order valence-electron chi connectivity index (χ1n) is 17.0. The molecule has 3 aliphatic rings. The van der Waals surface area contributed by atoms with E-state index >= 15 is 0 Å². The lowest BCUT2D eigenvalue weighted by Crippen LogP contribution is -2.47. The fourth-order valence-electron chi connectivity index (χ4n) is 6.54. The van der Waals surface area contributed by atoms with Crippen LogP contribution in [0, 0.1) is 0 Å². The van der Waals surface area contributed by atoms with E-state index < -0.39 is 31.6 Å². The third-order valence-electron chi connectivity index (χ3n) is 9.47. The lowest BCUT2D eigenvalue weighted by atomic mass is 9.88. The number of sulfone groups is 1.